The van der Waals surface area contributed by atoms with Gasteiger partial charge in [0.05, 0.1) is 19.8 Å². The first-order valence-electron chi connectivity index (χ1n) is 16.5. The second kappa shape index (κ2) is 20.3. The van der Waals surface area contributed by atoms with Crippen LogP contribution in [0.1, 0.15) is 40.2 Å². The summed E-state index contributed by atoms with van der Waals surface area (Å²) in [7, 11) is 0. The zero-order valence-corrected chi connectivity index (χ0v) is 29.9. The van der Waals surface area contributed by atoms with Gasteiger partial charge in [0, 0.05) is 41.2 Å². The van der Waals surface area contributed by atoms with Crippen molar-refractivity contribution in [2.24, 2.45) is 0 Å². The summed E-state index contributed by atoms with van der Waals surface area (Å²) in [5.74, 6) is -6.46. The fourth-order valence-electron chi connectivity index (χ4n) is 5.52. The van der Waals surface area contributed by atoms with E-state index in [0.29, 0.717) is 0 Å². The van der Waals surface area contributed by atoms with E-state index in [0.717, 1.165) is 40.2 Å². The van der Waals surface area contributed by atoms with E-state index in [1.54, 1.807) is 35.6 Å². The number of aliphatic hydroxyl groups excluding tert-OH is 1. The van der Waals surface area contributed by atoms with Crippen molar-refractivity contribution in [3.8, 4) is 0 Å². The van der Waals surface area contributed by atoms with E-state index in [9.17, 15) is 47.0 Å². The lowest BCUT2D eigenvalue weighted by molar-refractivity contribution is -0.350. The molecular weight excluding hydrogens is 737 g/mol. The molecule has 2 heterocycles. The van der Waals surface area contributed by atoms with Crippen molar-refractivity contribution in [3.05, 3.63) is 35.9 Å². The number of carbonyl (C=O) groups is 6. The predicted molar refractivity (Wildman–Crippen MR) is 170 cm³/mol. The van der Waals surface area contributed by atoms with Gasteiger partial charge in [-0.2, -0.15) is 13.2 Å². The van der Waals surface area contributed by atoms with E-state index < -0.39 is 123 Å². The lowest BCUT2D eigenvalue weighted by atomic mass is 9.95. The Bertz CT molecular complexity index is 1450. The molecule has 0 radical (unpaired) electrons. The molecule has 2 aliphatic rings. The minimum Gasteiger partial charge on any atom is -0.463 e. The van der Waals surface area contributed by atoms with Crippen LogP contribution in [0.2, 0.25) is 0 Å². The molecule has 1 aromatic carbocycles. The van der Waals surface area contributed by atoms with E-state index >= 15 is 0 Å². The predicted octanol–water partition coefficient (Wildman–Crippen LogP) is -0.0429. The van der Waals surface area contributed by atoms with Crippen LogP contribution in [0.4, 0.5) is 13.2 Å². The number of amides is 2. The Kier molecular flexibility index (Phi) is 16.6. The molecular formula is C33H43F3N2O16. The third-order valence-electron chi connectivity index (χ3n) is 7.60. The van der Waals surface area contributed by atoms with Gasteiger partial charge in [-0.15, -0.1) is 0 Å². The highest BCUT2D eigenvalue weighted by Crippen LogP contribution is 2.34. The van der Waals surface area contributed by atoms with E-state index in [4.69, 9.17) is 42.6 Å². The molecule has 2 amide bonds. The third-order valence-corrected chi connectivity index (χ3v) is 7.60. The summed E-state index contributed by atoms with van der Waals surface area (Å²) in [4.78, 5) is 72.3. The first-order chi connectivity index (χ1) is 25.4. The van der Waals surface area contributed by atoms with Crippen LogP contribution in [0.25, 0.3) is 0 Å². The normalized spacial score (nSPS) is 28.2. The quantitative estimate of drug-likeness (QED) is 0.114. The van der Waals surface area contributed by atoms with Gasteiger partial charge >= 0.3 is 36.0 Å². The number of rotatable bonds is 16. The standard InChI is InChI=1S/C33H43F3N2O16/c1-16(39)38-24-28(50-19(4)42)27(23(15-48-17(2)40)52-30(24)47-12-11-37-32(45)33(34,35)36)54-31-29(51-20(5)43)25(44)26(49-18(3)41)22(53-31)14-46-13-21-9-7-6-8-10-21/h6-10,22-31,44H,11-15H2,1-5H3,(H,37,45)(H,38,39)/t22-,23+,24+,25+,26+,27+,28+,29-,30+,31+/m1/s1. The van der Waals surface area contributed by atoms with Crippen molar-refractivity contribution >= 4 is 35.7 Å². The summed E-state index contributed by atoms with van der Waals surface area (Å²) in [6.07, 6.45) is -19.6. The van der Waals surface area contributed by atoms with Gasteiger partial charge in [-0.25, -0.2) is 0 Å². The molecule has 0 bridgehead atoms. The summed E-state index contributed by atoms with van der Waals surface area (Å²) in [6.45, 7) is 3.07. The Morgan fingerprint density at radius 3 is 1.91 bits per heavy atom. The number of aliphatic hydroxyl groups is 1. The molecule has 1 aromatic rings. The molecule has 0 aromatic heterocycles. The molecule has 2 aliphatic heterocycles. The van der Waals surface area contributed by atoms with Gasteiger partial charge in [-0.1, -0.05) is 30.3 Å². The summed E-state index contributed by atoms with van der Waals surface area (Å²) < 4.78 is 89.1. The van der Waals surface area contributed by atoms with Crippen molar-refractivity contribution < 1.29 is 89.7 Å². The van der Waals surface area contributed by atoms with Gasteiger partial charge in [-0.05, 0) is 5.56 Å². The van der Waals surface area contributed by atoms with E-state index in [2.05, 4.69) is 5.32 Å². The molecule has 18 nitrogen and oxygen atoms in total. The highest BCUT2D eigenvalue weighted by Gasteiger charge is 2.55. The van der Waals surface area contributed by atoms with Gasteiger partial charge in [-0.3, -0.25) is 28.8 Å². The second-order valence-electron chi connectivity index (χ2n) is 12.1. The molecule has 0 spiro atoms. The molecule has 0 saturated carbocycles. The summed E-state index contributed by atoms with van der Waals surface area (Å²) in [5.41, 5.74) is 0.767. The molecule has 3 N–H and O–H groups in total. The van der Waals surface area contributed by atoms with Crippen LogP contribution in [-0.2, 0) is 78.0 Å². The average molecular weight is 781 g/mol. The fraction of sp³-hybridized carbons (Fsp3) is 0.636. The first-order valence-corrected chi connectivity index (χ1v) is 16.5. The minimum atomic E-state index is -5.18. The van der Waals surface area contributed by atoms with Gasteiger partial charge in [0.2, 0.25) is 5.91 Å². The van der Waals surface area contributed by atoms with Crippen LogP contribution < -0.4 is 10.6 Å². The summed E-state index contributed by atoms with van der Waals surface area (Å²) in [5, 5.41) is 15.5. The molecule has 302 valence electrons. The Morgan fingerprint density at radius 1 is 0.759 bits per heavy atom. The van der Waals surface area contributed by atoms with Gasteiger partial charge < -0.3 is 58.4 Å². The van der Waals surface area contributed by atoms with Crippen LogP contribution in [0.15, 0.2) is 30.3 Å². The SMILES string of the molecule is CC(=O)N[C@@H]1[C@@H](OCCNC(=O)C(F)(F)F)O[C@@H](COC(C)=O)[C@H](O[C@@H]2O[C@H](COCc3ccccc3)[C@H](OC(C)=O)[C@H](O)[C@H]2OC(C)=O)[C@H]1OC(C)=O. The van der Waals surface area contributed by atoms with Crippen LogP contribution in [0.5, 0.6) is 0 Å². The van der Waals surface area contributed by atoms with E-state index in [1.807, 2.05) is 0 Å². The van der Waals surface area contributed by atoms with Crippen molar-refractivity contribution in [1.29, 1.82) is 0 Å². The Hall–Kier alpha value is -4.41. The number of carbonyl (C=O) groups excluding carboxylic acids is 6. The Balaban J connectivity index is 1.99. The molecule has 2 fully saturated rings. The highest BCUT2D eigenvalue weighted by molar-refractivity contribution is 5.81. The lowest BCUT2D eigenvalue weighted by Crippen LogP contribution is -2.69. The maximum Gasteiger partial charge on any atom is 0.471 e. The minimum absolute atomic E-state index is 0.0671. The maximum absolute atomic E-state index is 12.7. The van der Waals surface area contributed by atoms with Gasteiger partial charge in [0.15, 0.2) is 30.9 Å². The van der Waals surface area contributed by atoms with Crippen LogP contribution in [0.3, 0.4) is 0 Å². The molecule has 0 unspecified atom stereocenters. The topological polar surface area (TPSA) is 230 Å². The monoisotopic (exact) mass is 780 g/mol. The molecule has 3 rings (SSSR count). The molecule has 10 atom stereocenters. The van der Waals surface area contributed by atoms with Crippen molar-refractivity contribution in [1.82, 2.24) is 10.6 Å². The number of ether oxygens (including phenoxy) is 9. The second-order valence-corrected chi connectivity index (χ2v) is 12.1. The van der Waals surface area contributed by atoms with Crippen molar-refractivity contribution in [2.45, 2.75) is 109 Å². The van der Waals surface area contributed by atoms with Gasteiger partial charge in [0.25, 0.3) is 0 Å². The summed E-state index contributed by atoms with van der Waals surface area (Å²) >= 11 is 0. The molecule has 54 heavy (non-hydrogen) atoms. The van der Waals surface area contributed by atoms with Gasteiger partial charge in [0.1, 0.15) is 37.1 Å². The number of esters is 4. The van der Waals surface area contributed by atoms with E-state index in [1.165, 1.54) is 0 Å². The third kappa shape index (κ3) is 13.5. The number of alkyl halides is 3. The average Bonchev–Trinajstić information content (AvgIpc) is 3.07. The lowest BCUT2D eigenvalue weighted by Gasteiger charge is -2.48. The van der Waals surface area contributed by atoms with E-state index in [-0.39, 0.29) is 13.2 Å². The van der Waals surface area contributed by atoms with Crippen LogP contribution in [0, 0.1) is 0 Å². The fourth-order valence-corrected chi connectivity index (χ4v) is 5.52. The molecule has 0 aliphatic carbocycles. The molecule has 2 saturated heterocycles. The highest BCUT2D eigenvalue weighted by atomic mass is 19.4. The number of hydrogen-bond donors (Lipinski definition) is 3. The zero-order chi connectivity index (χ0) is 40.2. The largest absolute Gasteiger partial charge is 0.471 e. The number of halogens is 3. The van der Waals surface area contributed by atoms with Crippen molar-refractivity contribution in [3.63, 3.8) is 0 Å². The Labute approximate surface area is 307 Å². The van der Waals surface area contributed by atoms with Crippen molar-refractivity contribution in [2.75, 3.05) is 26.4 Å². The zero-order valence-electron chi connectivity index (χ0n) is 29.9. The number of nitrogens with one attached hydrogen (secondary N) is 2. The number of benzene rings is 1. The Morgan fingerprint density at radius 2 is 1.33 bits per heavy atom. The molecule has 21 heteroatoms. The van der Waals surface area contributed by atoms with Crippen LogP contribution in [-0.4, -0.2) is 135 Å². The summed E-state index contributed by atoms with van der Waals surface area (Å²) in [6, 6.07) is 7.44. The first kappa shape index (κ1) is 44.0. The smallest absolute Gasteiger partial charge is 0.463 e. The number of hydrogen-bond acceptors (Lipinski definition) is 16. The maximum atomic E-state index is 12.7. The van der Waals surface area contributed by atoms with Crippen LogP contribution >= 0.6 is 0 Å².